The van der Waals surface area contributed by atoms with Crippen molar-refractivity contribution in [1.29, 1.82) is 0 Å². The number of hydrogen-bond acceptors (Lipinski definition) is 2. The molecule has 0 amide bonds. The van der Waals surface area contributed by atoms with Crippen molar-refractivity contribution in [3.8, 4) is 0 Å². The summed E-state index contributed by atoms with van der Waals surface area (Å²) in [5, 5.41) is 0. The fourth-order valence-corrected chi connectivity index (χ4v) is 4.65. The van der Waals surface area contributed by atoms with E-state index in [1.54, 1.807) is 12.7 Å². The maximum Gasteiger partial charge on any atom is 0.148 e. The first-order valence-electron chi connectivity index (χ1n) is 9.53. The minimum absolute atomic E-state index is 0.489. The predicted octanol–water partition coefficient (Wildman–Crippen LogP) is 4.63. The Hall–Kier alpha value is -2.49. The van der Waals surface area contributed by atoms with E-state index in [4.69, 9.17) is 9.73 Å². The monoisotopic (exact) mass is 347 g/mol. The van der Waals surface area contributed by atoms with Gasteiger partial charge in [-0.1, -0.05) is 0 Å². The minimum atomic E-state index is 0.489. The summed E-state index contributed by atoms with van der Waals surface area (Å²) in [5.41, 5.74) is 7.86. The van der Waals surface area contributed by atoms with Gasteiger partial charge in [0.1, 0.15) is 17.3 Å². The summed E-state index contributed by atoms with van der Waals surface area (Å²) in [4.78, 5) is 8.31. The number of aromatic nitrogens is 2. The van der Waals surface area contributed by atoms with Gasteiger partial charge in [-0.05, 0) is 80.7 Å². The molecule has 0 bridgehead atoms. The van der Waals surface area contributed by atoms with Gasteiger partial charge in [-0.15, -0.1) is 0 Å². The van der Waals surface area contributed by atoms with Gasteiger partial charge in [0.2, 0.25) is 0 Å². The van der Waals surface area contributed by atoms with Crippen LogP contribution in [0.2, 0.25) is 0 Å². The number of nitrogens with zero attached hydrogens (tertiary/aromatic N) is 2. The summed E-state index contributed by atoms with van der Waals surface area (Å²) >= 11 is 0. The van der Waals surface area contributed by atoms with E-state index >= 15 is 0 Å². The van der Waals surface area contributed by atoms with E-state index in [9.17, 15) is 0 Å². The minimum Gasteiger partial charge on any atom is -0.494 e. The van der Waals surface area contributed by atoms with Gasteiger partial charge in [0.05, 0.1) is 7.11 Å². The third-order valence-electron chi connectivity index (χ3n) is 6.17. The van der Waals surface area contributed by atoms with Crippen molar-refractivity contribution in [2.75, 3.05) is 7.11 Å². The summed E-state index contributed by atoms with van der Waals surface area (Å²) in [6.45, 7) is 4.19. The molecule has 4 nitrogen and oxygen atoms in total. The van der Waals surface area contributed by atoms with E-state index in [0.717, 1.165) is 35.1 Å². The Morgan fingerprint density at radius 3 is 2.81 bits per heavy atom. The van der Waals surface area contributed by atoms with Crippen LogP contribution in [-0.2, 0) is 16.6 Å². The fourth-order valence-electron chi connectivity index (χ4n) is 4.65. The van der Waals surface area contributed by atoms with Crippen molar-refractivity contribution >= 4 is 11.9 Å². The van der Waals surface area contributed by atoms with Crippen LogP contribution in [0.5, 0.6) is 0 Å². The molecule has 3 aliphatic rings. The lowest BCUT2D eigenvalue weighted by Gasteiger charge is -2.23. The highest BCUT2D eigenvalue weighted by Crippen LogP contribution is 2.55. The zero-order valence-electron chi connectivity index (χ0n) is 15.7. The number of rotatable bonds is 2. The summed E-state index contributed by atoms with van der Waals surface area (Å²) < 4.78 is 7.90. The lowest BCUT2D eigenvalue weighted by Crippen LogP contribution is -2.19. The second-order valence-corrected chi connectivity index (χ2v) is 7.94. The smallest absolute Gasteiger partial charge is 0.148 e. The molecule has 0 aromatic carbocycles. The van der Waals surface area contributed by atoms with Crippen LogP contribution in [0.15, 0.2) is 40.9 Å². The van der Waals surface area contributed by atoms with E-state index in [1.807, 2.05) is 0 Å². The lowest BCUT2D eigenvalue weighted by molar-refractivity contribution is 0.303. The van der Waals surface area contributed by atoms with Crippen LogP contribution < -0.4 is 0 Å². The number of nitrogens with one attached hydrogen (secondary N) is 1. The van der Waals surface area contributed by atoms with Crippen LogP contribution in [0, 0.1) is 13.8 Å². The zero-order chi connectivity index (χ0) is 17.9. The molecule has 0 radical (unpaired) electrons. The Labute approximate surface area is 154 Å². The quantitative estimate of drug-likeness (QED) is 0.845. The molecule has 134 valence electrons. The maximum absolute atomic E-state index is 5.62. The Morgan fingerprint density at radius 2 is 2.12 bits per heavy atom. The topological polar surface area (TPSA) is 42.3 Å². The largest absolute Gasteiger partial charge is 0.494 e. The van der Waals surface area contributed by atoms with Crippen LogP contribution in [0.1, 0.15) is 53.9 Å². The molecular weight excluding hydrogens is 322 g/mol. The Morgan fingerprint density at radius 1 is 1.27 bits per heavy atom. The molecule has 1 saturated carbocycles. The van der Waals surface area contributed by atoms with Crippen LogP contribution in [-0.4, -0.2) is 22.5 Å². The SMILES string of the molecule is COC1=CC(n2ccc3c2CCCC32CC2)=NC1=Cc1[nH]c(C)cc1C. The fraction of sp³-hybridized carbons (Fsp3) is 0.409. The normalized spacial score (nSPS) is 21.7. The molecule has 26 heavy (non-hydrogen) atoms. The molecular formula is C22H25N3O. The third-order valence-corrected chi connectivity index (χ3v) is 6.17. The zero-order valence-corrected chi connectivity index (χ0v) is 15.7. The van der Waals surface area contributed by atoms with E-state index in [1.165, 1.54) is 36.9 Å². The number of ether oxygens (including phenoxy) is 1. The van der Waals surface area contributed by atoms with Gasteiger partial charge in [-0.2, -0.15) is 0 Å². The summed E-state index contributed by atoms with van der Waals surface area (Å²) in [6, 6.07) is 4.48. The molecule has 2 aromatic heterocycles. The first kappa shape index (κ1) is 15.7. The van der Waals surface area contributed by atoms with Crippen molar-refractivity contribution in [1.82, 2.24) is 9.55 Å². The van der Waals surface area contributed by atoms with Crippen LogP contribution >= 0.6 is 0 Å². The van der Waals surface area contributed by atoms with Gasteiger partial charge in [-0.3, -0.25) is 0 Å². The molecule has 2 aromatic rings. The van der Waals surface area contributed by atoms with Gasteiger partial charge >= 0.3 is 0 Å². The summed E-state index contributed by atoms with van der Waals surface area (Å²) in [6.07, 6.45) is 12.8. The molecule has 0 unspecified atom stereocenters. The highest BCUT2D eigenvalue weighted by atomic mass is 16.5. The number of aryl methyl sites for hydroxylation is 2. The summed E-state index contributed by atoms with van der Waals surface area (Å²) in [7, 11) is 1.72. The van der Waals surface area contributed by atoms with E-state index in [2.05, 4.69) is 53.9 Å². The lowest BCUT2D eigenvalue weighted by atomic mass is 9.84. The average molecular weight is 347 g/mol. The van der Waals surface area contributed by atoms with Gasteiger partial charge in [-0.25, -0.2) is 4.99 Å². The van der Waals surface area contributed by atoms with Gasteiger partial charge < -0.3 is 14.3 Å². The van der Waals surface area contributed by atoms with Crippen molar-refractivity contribution in [3.05, 3.63) is 64.1 Å². The standard InChI is InChI=1S/C22H25N3O/c1-14-11-15(2)23-17(14)12-18-20(26-3)13-21(24-18)25-10-6-16-19(25)5-4-7-22(16)8-9-22/h6,10-13,23H,4-5,7-9H2,1-3H3. The molecule has 0 atom stereocenters. The van der Waals surface area contributed by atoms with Crippen LogP contribution in [0.4, 0.5) is 0 Å². The molecule has 1 spiro atoms. The number of methoxy groups -OCH3 is 1. The molecule has 0 saturated heterocycles. The number of aromatic amines is 1. The maximum atomic E-state index is 5.62. The van der Waals surface area contributed by atoms with Gasteiger partial charge in [0.15, 0.2) is 0 Å². The number of hydrogen-bond donors (Lipinski definition) is 1. The second-order valence-electron chi connectivity index (χ2n) is 7.94. The van der Waals surface area contributed by atoms with Crippen LogP contribution in [0.3, 0.4) is 0 Å². The predicted molar refractivity (Wildman–Crippen MR) is 104 cm³/mol. The van der Waals surface area contributed by atoms with Crippen molar-refractivity contribution in [3.63, 3.8) is 0 Å². The van der Waals surface area contributed by atoms with Crippen LogP contribution in [0.25, 0.3) is 6.08 Å². The molecule has 1 fully saturated rings. The van der Waals surface area contributed by atoms with E-state index < -0.39 is 0 Å². The van der Waals surface area contributed by atoms with Crippen molar-refractivity contribution < 1.29 is 4.74 Å². The molecule has 1 N–H and O–H groups in total. The summed E-state index contributed by atoms with van der Waals surface area (Å²) in [5.74, 6) is 1.79. The van der Waals surface area contributed by atoms with Gasteiger partial charge in [0, 0.05) is 29.4 Å². The first-order valence-corrected chi connectivity index (χ1v) is 9.53. The average Bonchev–Trinajstić information content (AvgIpc) is 2.96. The highest BCUT2D eigenvalue weighted by Gasteiger charge is 2.47. The molecule has 5 rings (SSSR count). The van der Waals surface area contributed by atoms with E-state index in [-0.39, 0.29) is 0 Å². The second kappa shape index (κ2) is 5.50. The Kier molecular flexibility index (Phi) is 3.33. The Balaban J connectivity index is 1.56. The number of allylic oxidation sites excluding steroid dienone is 1. The Bertz CT molecular complexity index is 979. The number of H-pyrrole nitrogens is 1. The highest BCUT2D eigenvalue weighted by molar-refractivity contribution is 6.00. The molecule has 1 aliphatic heterocycles. The van der Waals surface area contributed by atoms with Gasteiger partial charge in [0.25, 0.3) is 0 Å². The molecule has 4 heteroatoms. The van der Waals surface area contributed by atoms with E-state index in [0.29, 0.717) is 5.41 Å². The molecule has 2 aliphatic carbocycles. The first-order chi connectivity index (χ1) is 12.6. The van der Waals surface area contributed by atoms with Crippen molar-refractivity contribution in [2.45, 2.75) is 51.4 Å². The third kappa shape index (κ3) is 2.32. The van der Waals surface area contributed by atoms with Crippen molar-refractivity contribution in [2.24, 2.45) is 4.99 Å². The number of fused-ring (bicyclic) bond motifs is 2. The number of aliphatic imine (C=N–C) groups is 1. The molecule has 3 heterocycles.